The lowest BCUT2D eigenvalue weighted by Crippen LogP contribution is -2.30. The number of hydrogen-bond donors (Lipinski definition) is 0. The molecule has 0 fully saturated rings. The summed E-state index contributed by atoms with van der Waals surface area (Å²) >= 11 is 0. The van der Waals surface area contributed by atoms with Crippen LogP contribution in [0.1, 0.15) is 20.8 Å². The SMILES string of the molecule is CC(=NC#N)N(C)C(C)C. The lowest BCUT2D eigenvalue weighted by Gasteiger charge is -2.21. The van der Waals surface area contributed by atoms with E-state index in [0.29, 0.717) is 6.04 Å². The average molecular weight is 139 g/mol. The molecule has 0 rings (SSSR count). The van der Waals surface area contributed by atoms with E-state index in [-0.39, 0.29) is 0 Å². The van der Waals surface area contributed by atoms with E-state index in [9.17, 15) is 0 Å². The second-order valence-corrected chi connectivity index (χ2v) is 2.46. The van der Waals surface area contributed by atoms with Gasteiger partial charge in [0.15, 0.2) is 0 Å². The maximum absolute atomic E-state index is 8.20. The Morgan fingerprint density at radius 3 is 2.40 bits per heavy atom. The van der Waals surface area contributed by atoms with Gasteiger partial charge in [-0.3, -0.25) is 0 Å². The van der Waals surface area contributed by atoms with E-state index in [2.05, 4.69) is 18.8 Å². The molecule has 56 valence electrons. The van der Waals surface area contributed by atoms with E-state index >= 15 is 0 Å². The summed E-state index contributed by atoms with van der Waals surface area (Å²) in [5.41, 5.74) is 0. The van der Waals surface area contributed by atoms with Crippen molar-refractivity contribution in [2.24, 2.45) is 4.99 Å². The highest BCUT2D eigenvalue weighted by molar-refractivity contribution is 5.80. The zero-order valence-electron chi connectivity index (χ0n) is 6.92. The molecule has 0 N–H and O–H groups in total. The Kier molecular flexibility index (Phi) is 3.48. The van der Waals surface area contributed by atoms with Crippen LogP contribution in [0.5, 0.6) is 0 Å². The summed E-state index contributed by atoms with van der Waals surface area (Å²) in [6, 6.07) is 0.400. The third kappa shape index (κ3) is 2.49. The normalized spacial score (nSPS) is 11.4. The van der Waals surface area contributed by atoms with Crippen LogP contribution in [0.4, 0.5) is 0 Å². The zero-order chi connectivity index (χ0) is 8.15. The van der Waals surface area contributed by atoms with Gasteiger partial charge in [-0.15, -0.1) is 0 Å². The predicted octanol–water partition coefficient (Wildman–Crippen LogP) is 1.23. The van der Waals surface area contributed by atoms with Crippen LogP contribution in [0.25, 0.3) is 0 Å². The molecule has 0 aliphatic carbocycles. The zero-order valence-corrected chi connectivity index (χ0v) is 6.92. The van der Waals surface area contributed by atoms with Crippen molar-refractivity contribution in [3.8, 4) is 6.19 Å². The molecule has 0 aromatic heterocycles. The quantitative estimate of drug-likeness (QED) is 0.311. The van der Waals surface area contributed by atoms with Gasteiger partial charge in [0, 0.05) is 13.1 Å². The Bertz CT molecular complexity index is 164. The molecule has 0 radical (unpaired) electrons. The number of rotatable bonds is 1. The summed E-state index contributed by atoms with van der Waals surface area (Å²) in [4.78, 5) is 5.54. The minimum Gasteiger partial charge on any atom is -0.360 e. The standard InChI is InChI=1S/C7H13N3/c1-6(2)10(4)7(3)9-5-8/h6H,1-4H3. The molecule has 10 heavy (non-hydrogen) atoms. The molecule has 0 amide bonds. The highest BCUT2D eigenvalue weighted by Gasteiger charge is 2.03. The van der Waals surface area contributed by atoms with Crippen molar-refractivity contribution in [2.75, 3.05) is 7.05 Å². The Labute approximate surface area is 62.0 Å². The maximum atomic E-state index is 8.20. The summed E-state index contributed by atoms with van der Waals surface area (Å²) in [6.45, 7) is 5.93. The van der Waals surface area contributed by atoms with Gasteiger partial charge in [-0.2, -0.15) is 10.3 Å². The van der Waals surface area contributed by atoms with Gasteiger partial charge in [0.05, 0.1) is 0 Å². The maximum Gasteiger partial charge on any atom is 0.207 e. The summed E-state index contributed by atoms with van der Waals surface area (Å²) in [6.07, 6.45) is 1.75. The topological polar surface area (TPSA) is 39.4 Å². The molecule has 0 spiro atoms. The van der Waals surface area contributed by atoms with Crippen LogP contribution in [-0.4, -0.2) is 23.8 Å². The fraction of sp³-hybridized carbons (Fsp3) is 0.714. The van der Waals surface area contributed by atoms with Crippen molar-refractivity contribution >= 4 is 5.84 Å². The molecular formula is C7H13N3. The Hall–Kier alpha value is -1.04. The summed E-state index contributed by atoms with van der Waals surface area (Å²) in [5.74, 6) is 0.762. The lowest BCUT2D eigenvalue weighted by molar-refractivity contribution is 0.415. The van der Waals surface area contributed by atoms with E-state index in [1.165, 1.54) is 0 Å². The van der Waals surface area contributed by atoms with Crippen molar-refractivity contribution in [3.63, 3.8) is 0 Å². The molecule has 0 aromatic carbocycles. The van der Waals surface area contributed by atoms with Gasteiger partial charge in [-0.05, 0) is 20.8 Å². The van der Waals surface area contributed by atoms with E-state index in [4.69, 9.17) is 5.26 Å². The fourth-order valence-electron chi connectivity index (χ4n) is 0.525. The van der Waals surface area contributed by atoms with E-state index in [1.807, 2.05) is 18.9 Å². The van der Waals surface area contributed by atoms with E-state index in [1.54, 1.807) is 6.19 Å². The van der Waals surface area contributed by atoms with E-state index in [0.717, 1.165) is 5.84 Å². The van der Waals surface area contributed by atoms with Gasteiger partial charge in [0.1, 0.15) is 5.84 Å². The molecule has 0 atom stereocenters. The van der Waals surface area contributed by atoms with Gasteiger partial charge in [0.2, 0.25) is 6.19 Å². The minimum absolute atomic E-state index is 0.400. The predicted molar refractivity (Wildman–Crippen MR) is 41.6 cm³/mol. The van der Waals surface area contributed by atoms with Crippen LogP contribution in [0, 0.1) is 11.5 Å². The molecule has 3 heteroatoms. The molecule has 0 unspecified atom stereocenters. The smallest absolute Gasteiger partial charge is 0.207 e. The van der Waals surface area contributed by atoms with Crippen LogP contribution in [0.3, 0.4) is 0 Å². The van der Waals surface area contributed by atoms with Gasteiger partial charge in [-0.25, -0.2) is 0 Å². The van der Waals surface area contributed by atoms with Gasteiger partial charge >= 0.3 is 0 Å². The Balaban J connectivity index is 4.10. The first-order valence-corrected chi connectivity index (χ1v) is 3.25. The van der Waals surface area contributed by atoms with Crippen molar-refractivity contribution in [1.29, 1.82) is 5.26 Å². The highest BCUT2D eigenvalue weighted by Crippen LogP contribution is 1.94. The first-order valence-electron chi connectivity index (χ1n) is 3.25. The molecule has 0 saturated carbocycles. The molecule has 3 nitrogen and oxygen atoms in total. The minimum atomic E-state index is 0.400. The Morgan fingerprint density at radius 2 is 2.10 bits per heavy atom. The number of nitriles is 1. The van der Waals surface area contributed by atoms with Crippen LogP contribution < -0.4 is 0 Å². The molecule has 0 aliphatic rings. The second-order valence-electron chi connectivity index (χ2n) is 2.46. The first kappa shape index (κ1) is 8.96. The molecule has 0 heterocycles. The van der Waals surface area contributed by atoms with Crippen LogP contribution in [0.15, 0.2) is 4.99 Å². The second kappa shape index (κ2) is 3.89. The summed E-state index contributed by atoms with van der Waals surface area (Å²) in [5, 5.41) is 8.20. The lowest BCUT2D eigenvalue weighted by atomic mass is 10.3. The van der Waals surface area contributed by atoms with Gasteiger partial charge in [-0.1, -0.05) is 0 Å². The fourth-order valence-corrected chi connectivity index (χ4v) is 0.525. The van der Waals surface area contributed by atoms with Crippen LogP contribution in [0.2, 0.25) is 0 Å². The number of aliphatic imine (C=N–C) groups is 1. The molecule has 0 saturated heterocycles. The van der Waals surface area contributed by atoms with Gasteiger partial charge in [0.25, 0.3) is 0 Å². The number of nitrogens with zero attached hydrogens (tertiary/aromatic N) is 3. The van der Waals surface area contributed by atoms with Crippen LogP contribution >= 0.6 is 0 Å². The molecule has 0 bridgehead atoms. The summed E-state index contributed by atoms with van der Waals surface area (Å²) < 4.78 is 0. The largest absolute Gasteiger partial charge is 0.360 e. The third-order valence-electron chi connectivity index (χ3n) is 1.50. The van der Waals surface area contributed by atoms with Crippen molar-refractivity contribution in [1.82, 2.24) is 4.90 Å². The molecular weight excluding hydrogens is 126 g/mol. The van der Waals surface area contributed by atoms with Crippen molar-refractivity contribution < 1.29 is 0 Å². The Morgan fingerprint density at radius 1 is 1.60 bits per heavy atom. The molecule has 0 aliphatic heterocycles. The molecule has 0 aromatic rings. The number of hydrogen-bond acceptors (Lipinski definition) is 2. The van der Waals surface area contributed by atoms with E-state index < -0.39 is 0 Å². The first-order chi connectivity index (χ1) is 4.59. The summed E-state index contributed by atoms with van der Waals surface area (Å²) in [7, 11) is 1.92. The van der Waals surface area contributed by atoms with Crippen LogP contribution in [-0.2, 0) is 0 Å². The monoisotopic (exact) mass is 139 g/mol. The highest BCUT2D eigenvalue weighted by atomic mass is 15.2. The number of amidine groups is 1. The van der Waals surface area contributed by atoms with Crippen molar-refractivity contribution in [3.05, 3.63) is 0 Å². The van der Waals surface area contributed by atoms with Gasteiger partial charge < -0.3 is 4.90 Å². The van der Waals surface area contributed by atoms with Crippen molar-refractivity contribution in [2.45, 2.75) is 26.8 Å². The average Bonchev–Trinajstić information content (AvgIpc) is 1.87. The third-order valence-corrected chi connectivity index (χ3v) is 1.50.